The summed E-state index contributed by atoms with van der Waals surface area (Å²) in [5.74, 6) is -10.1. The molecular weight excluding hydrogens is 375 g/mol. The SMILES string of the molecule is Fc1c(F)c(F)c(C(Cl)c2sccc2Br)c(F)c1F. The molecular formula is C11H3BrClF5S. The minimum atomic E-state index is -2.20. The molecule has 19 heavy (non-hydrogen) atoms. The summed E-state index contributed by atoms with van der Waals surface area (Å²) in [7, 11) is 0. The van der Waals surface area contributed by atoms with Crippen LogP contribution < -0.4 is 0 Å². The van der Waals surface area contributed by atoms with E-state index in [0.29, 0.717) is 4.47 Å². The molecule has 2 aromatic rings. The molecule has 0 saturated heterocycles. The van der Waals surface area contributed by atoms with Crippen LogP contribution in [0.2, 0.25) is 0 Å². The van der Waals surface area contributed by atoms with E-state index in [2.05, 4.69) is 15.9 Å². The van der Waals surface area contributed by atoms with E-state index < -0.39 is 40.0 Å². The number of halogens is 7. The number of hydrogen-bond acceptors (Lipinski definition) is 1. The summed E-state index contributed by atoms with van der Waals surface area (Å²) in [6.45, 7) is 0. The van der Waals surface area contributed by atoms with Crippen molar-refractivity contribution >= 4 is 38.9 Å². The summed E-state index contributed by atoms with van der Waals surface area (Å²) in [4.78, 5) is 0.255. The van der Waals surface area contributed by atoms with E-state index in [9.17, 15) is 22.0 Å². The van der Waals surface area contributed by atoms with Gasteiger partial charge in [0.15, 0.2) is 23.3 Å². The maximum atomic E-state index is 13.6. The second-order valence-corrected chi connectivity index (χ2v) is 5.72. The molecule has 0 aliphatic rings. The van der Waals surface area contributed by atoms with Crippen molar-refractivity contribution < 1.29 is 22.0 Å². The highest BCUT2D eigenvalue weighted by atomic mass is 79.9. The van der Waals surface area contributed by atoms with Gasteiger partial charge in [-0.05, 0) is 27.4 Å². The third-order valence-corrected chi connectivity index (χ3v) is 4.87. The van der Waals surface area contributed by atoms with Gasteiger partial charge in [-0.15, -0.1) is 22.9 Å². The van der Waals surface area contributed by atoms with Crippen LogP contribution in [0, 0.1) is 29.1 Å². The van der Waals surface area contributed by atoms with Gasteiger partial charge in [0.25, 0.3) is 0 Å². The molecule has 0 radical (unpaired) electrons. The zero-order chi connectivity index (χ0) is 14.3. The van der Waals surface area contributed by atoms with Crippen LogP contribution in [0.3, 0.4) is 0 Å². The second kappa shape index (κ2) is 5.38. The van der Waals surface area contributed by atoms with Gasteiger partial charge in [-0.3, -0.25) is 0 Å². The maximum absolute atomic E-state index is 13.6. The molecule has 8 heteroatoms. The zero-order valence-electron chi connectivity index (χ0n) is 8.79. The average Bonchev–Trinajstić information content (AvgIpc) is 2.80. The minimum absolute atomic E-state index is 0.255. The van der Waals surface area contributed by atoms with Crippen molar-refractivity contribution in [2.75, 3.05) is 0 Å². The second-order valence-electron chi connectivity index (χ2n) is 3.48. The first kappa shape index (κ1) is 14.7. The summed E-state index contributed by atoms with van der Waals surface area (Å²) in [5, 5.41) is 0.0971. The van der Waals surface area contributed by atoms with E-state index in [1.54, 1.807) is 11.4 Å². The lowest BCUT2D eigenvalue weighted by molar-refractivity contribution is 0.371. The Balaban J connectivity index is 2.67. The Hall–Kier alpha value is -0.660. The monoisotopic (exact) mass is 376 g/mol. The van der Waals surface area contributed by atoms with E-state index in [4.69, 9.17) is 11.6 Å². The molecule has 1 atom stereocenters. The first-order valence-electron chi connectivity index (χ1n) is 4.74. The van der Waals surface area contributed by atoms with E-state index in [0.717, 1.165) is 11.3 Å². The summed E-state index contributed by atoms with van der Waals surface area (Å²) >= 11 is 9.95. The summed E-state index contributed by atoms with van der Waals surface area (Å²) in [5.41, 5.74) is -1.05. The maximum Gasteiger partial charge on any atom is 0.200 e. The molecule has 0 saturated carbocycles. The van der Waals surface area contributed by atoms with Crippen LogP contribution in [0.4, 0.5) is 22.0 Å². The van der Waals surface area contributed by atoms with E-state index >= 15 is 0 Å². The van der Waals surface area contributed by atoms with Crippen LogP contribution in [0.15, 0.2) is 15.9 Å². The van der Waals surface area contributed by atoms with E-state index in [-0.39, 0.29) is 4.88 Å². The van der Waals surface area contributed by atoms with Gasteiger partial charge < -0.3 is 0 Å². The van der Waals surface area contributed by atoms with Crippen LogP contribution in [-0.2, 0) is 0 Å². The molecule has 1 heterocycles. The molecule has 1 aromatic carbocycles. The molecule has 1 aromatic heterocycles. The lowest BCUT2D eigenvalue weighted by atomic mass is 10.1. The Kier molecular flexibility index (Phi) is 4.17. The number of thiophene rings is 1. The van der Waals surface area contributed by atoms with Gasteiger partial charge in [-0.1, -0.05) is 0 Å². The fraction of sp³-hybridized carbons (Fsp3) is 0.0909. The number of rotatable bonds is 2. The summed E-state index contributed by atoms with van der Waals surface area (Å²) < 4.78 is 66.6. The lowest BCUT2D eigenvalue weighted by Crippen LogP contribution is -2.09. The van der Waals surface area contributed by atoms with Gasteiger partial charge in [-0.2, -0.15) is 0 Å². The molecule has 0 aliphatic heterocycles. The van der Waals surface area contributed by atoms with Crippen molar-refractivity contribution in [2.24, 2.45) is 0 Å². The standard InChI is InChI=1S/C11H3BrClF5S/c12-3-1-2-19-11(3)5(13)4-6(14)8(16)10(18)9(17)7(4)15/h1-2,5H. The van der Waals surface area contributed by atoms with E-state index in [1.807, 2.05) is 0 Å². The van der Waals surface area contributed by atoms with E-state index in [1.165, 1.54) is 0 Å². The van der Waals surface area contributed by atoms with Crippen LogP contribution in [0.25, 0.3) is 0 Å². The quantitative estimate of drug-likeness (QED) is 0.279. The number of benzene rings is 1. The lowest BCUT2D eigenvalue weighted by Gasteiger charge is -2.13. The molecule has 1 unspecified atom stereocenters. The predicted octanol–water partition coefficient (Wildman–Crippen LogP) is 5.53. The van der Waals surface area contributed by atoms with Gasteiger partial charge in [0.05, 0.1) is 10.9 Å². The zero-order valence-corrected chi connectivity index (χ0v) is 11.9. The van der Waals surface area contributed by atoms with Crippen molar-refractivity contribution in [3.63, 3.8) is 0 Å². The topological polar surface area (TPSA) is 0 Å². The average molecular weight is 378 g/mol. The third kappa shape index (κ3) is 2.39. The smallest absolute Gasteiger partial charge is 0.200 e. The largest absolute Gasteiger partial charge is 0.203 e. The minimum Gasteiger partial charge on any atom is -0.203 e. The van der Waals surface area contributed by atoms with Crippen LogP contribution in [-0.4, -0.2) is 0 Å². The molecule has 0 N–H and O–H groups in total. The van der Waals surface area contributed by atoms with Gasteiger partial charge in [0.2, 0.25) is 5.82 Å². The third-order valence-electron chi connectivity index (χ3n) is 2.37. The Morgan fingerprint density at radius 3 is 1.84 bits per heavy atom. The highest BCUT2D eigenvalue weighted by Gasteiger charge is 2.31. The molecule has 0 bridgehead atoms. The summed E-state index contributed by atoms with van der Waals surface area (Å²) in [6.07, 6.45) is 0. The first-order chi connectivity index (χ1) is 8.86. The summed E-state index contributed by atoms with van der Waals surface area (Å²) in [6, 6.07) is 1.56. The molecule has 0 spiro atoms. The highest BCUT2D eigenvalue weighted by molar-refractivity contribution is 9.10. The fourth-order valence-electron chi connectivity index (χ4n) is 1.46. The van der Waals surface area contributed by atoms with Crippen molar-refractivity contribution in [1.29, 1.82) is 0 Å². The first-order valence-corrected chi connectivity index (χ1v) is 6.85. The van der Waals surface area contributed by atoms with Crippen molar-refractivity contribution in [3.8, 4) is 0 Å². The molecule has 0 nitrogen and oxygen atoms in total. The molecule has 0 amide bonds. The normalized spacial score (nSPS) is 12.8. The van der Waals surface area contributed by atoms with Gasteiger partial charge >= 0.3 is 0 Å². The van der Waals surface area contributed by atoms with Gasteiger partial charge in [0, 0.05) is 9.35 Å². The van der Waals surface area contributed by atoms with Crippen LogP contribution in [0.5, 0.6) is 0 Å². The highest BCUT2D eigenvalue weighted by Crippen LogP contribution is 2.40. The Morgan fingerprint density at radius 1 is 0.947 bits per heavy atom. The molecule has 0 fully saturated rings. The Morgan fingerprint density at radius 2 is 1.42 bits per heavy atom. The Labute approximate surface area is 121 Å². The van der Waals surface area contributed by atoms with Crippen molar-refractivity contribution in [1.82, 2.24) is 0 Å². The van der Waals surface area contributed by atoms with Crippen molar-refractivity contribution in [2.45, 2.75) is 5.38 Å². The van der Waals surface area contributed by atoms with Gasteiger partial charge in [-0.25, -0.2) is 22.0 Å². The van der Waals surface area contributed by atoms with Crippen molar-refractivity contribution in [3.05, 3.63) is 55.4 Å². The van der Waals surface area contributed by atoms with Crippen LogP contribution >= 0.6 is 38.9 Å². The predicted molar refractivity (Wildman–Crippen MR) is 65.9 cm³/mol. The molecule has 2 rings (SSSR count). The van der Waals surface area contributed by atoms with Crippen LogP contribution in [0.1, 0.15) is 15.8 Å². The molecule has 102 valence electrons. The molecule has 0 aliphatic carbocycles. The fourth-order valence-corrected chi connectivity index (χ4v) is 3.64. The number of alkyl halides is 1. The van der Waals surface area contributed by atoms with Gasteiger partial charge in [0.1, 0.15) is 0 Å². The Bertz CT molecular complexity index is 613. The number of hydrogen-bond donors (Lipinski definition) is 0.